The fraction of sp³-hybridized carbons (Fsp3) is 0.300. The minimum absolute atomic E-state index is 0.0441. The molecule has 1 aromatic carbocycles. The third-order valence-corrected chi connectivity index (χ3v) is 3.72. The molecule has 0 saturated carbocycles. The highest BCUT2D eigenvalue weighted by Gasteiger charge is 2.19. The van der Waals surface area contributed by atoms with Crippen LogP contribution in [0.2, 0.25) is 5.02 Å². The van der Waals surface area contributed by atoms with Crippen molar-refractivity contribution in [2.24, 2.45) is 0 Å². The van der Waals surface area contributed by atoms with Crippen LogP contribution in [0, 0.1) is 0 Å². The molecule has 100 valence electrons. The van der Waals surface area contributed by atoms with Crippen molar-refractivity contribution >= 4 is 27.7 Å². The van der Waals surface area contributed by atoms with Gasteiger partial charge in [-0.2, -0.15) is 0 Å². The summed E-state index contributed by atoms with van der Waals surface area (Å²) < 4.78 is 30.3. The van der Waals surface area contributed by atoms with E-state index in [1.807, 2.05) is 4.72 Å². The van der Waals surface area contributed by atoms with E-state index in [4.69, 9.17) is 16.3 Å². The van der Waals surface area contributed by atoms with E-state index in [0.717, 1.165) is 0 Å². The second-order valence-electron chi connectivity index (χ2n) is 3.18. The topological polar surface area (TPSA) is 84.5 Å². The van der Waals surface area contributed by atoms with E-state index >= 15 is 0 Å². The maximum atomic E-state index is 11.8. The number of hydrogen-bond donors (Lipinski definition) is 2. The Morgan fingerprint density at radius 2 is 2.06 bits per heavy atom. The summed E-state index contributed by atoms with van der Waals surface area (Å²) in [5.74, 6) is 0. The first-order valence-corrected chi connectivity index (χ1v) is 6.96. The summed E-state index contributed by atoms with van der Waals surface area (Å²) in [6.45, 7) is 2.10. The number of urea groups is 1. The van der Waals surface area contributed by atoms with Crippen LogP contribution in [-0.2, 0) is 14.8 Å². The molecule has 0 heterocycles. The molecule has 2 N–H and O–H groups in total. The van der Waals surface area contributed by atoms with E-state index in [1.54, 1.807) is 13.0 Å². The normalized spacial score (nSPS) is 11.0. The van der Waals surface area contributed by atoms with Gasteiger partial charge in [-0.25, -0.2) is 17.9 Å². The fourth-order valence-electron chi connectivity index (χ4n) is 1.09. The van der Waals surface area contributed by atoms with Gasteiger partial charge in [0, 0.05) is 6.61 Å². The predicted molar refractivity (Wildman–Crippen MR) is 66.8 cm³/mol. The predicted octanol–water partition coefficient (Wildman–Crippen LogP) is 1.32. The van der Waals surface area contributed by atoms with Crippen LogP contribution in [-0.4, -0.2) is 27.8 Å². The van der Waals surface area contributed by atoms with Crippen molar-refractivity contribution in [3.05, 3.63) is 29.3 Å². The lowest BCUT2D eigenvalue weighted by atomic mass is 10.4. The van der Waals surface area contributed by atoms with Gasteiger partial charge in [0.05, 0.1) is 5.02 Å². The summed E-state index contributed by atoms with van der Waals surface area (Å²) in [5, 5.41) is 2.28. The van der Waals surface area contributed by atoms with Crippen LogP contribution in [0.4, 0.5) is 4.79 Å². The molecule has 0 spiro atoms. The summed E-state index contributed by atoms with van der Waals surface area (Å²) in [5.41, 5.74) is 0. The smallest absolute Gasteiger partial charge is 0.330 e. The Morgan fingerprint density at radius 1 is 1.39 bits per heavy atom. The van der Waals surface area contributed by atoms with E-state index in [9.17, 15) is 13.2 Å². The van der Waals surface area contributed by atoms with Crippen LogP contribution in [0.15, 0.2) is 29.2 Å². The van der Waals surface area contributed by atoms with Gasteiger partial charge in [-0.1, -0.05) is 23.7 Å². The largest absolute Gasteiger partial charge is 0.361 e. The zero-order valence-corrected chi connectivity index (χ0v) is 11.2. The molecule has 0 aliphatic carbocycles. The number of ether oxygens (including phenoxy) is 1. The molecule has 0 aliphatic heterocycles. The molecular formula is C10H13ClN2O4S. The van der Waals surface area contributed by atoms with Gasteiger partial charge < -0.3 is 10.1 Å². The lowest BCUT2D eigenvalue weighted by molar-refractivity contribution is 0.133. The molecule has 0 bridgehead atoms. The summed E-state index contributed by atoms with van der Waals surface area (Å²) in [7, 11) is -3.98. The lowest BCUT2D eigenvalue weighted by Crippen LogP contribution is -2.40. The van der Waals surface area contributed by atoms with Gasteiger partial charge in [0.25, 0.3) is 10.0 Å². The van der Waals surface area contributed by atoms with Crippen molar-refractivity contribution in [2.75, 3.05) is 13.3 Å². The quantitative estimate of drug-likeness (QED) is 0.633. The Morgan fingerprint density at radius 3 is 2.67 bits per heavy atom. The number of amides is 2. The molecule has 0 atom stereocenters. The molecule has 0 aliphatic rings. The molecule has 8 heteroatoms. The van der Waals surface area contributed by atoms with Crippen molar-refractivity contribution in [1.82, 2.24) is 10.0 Å². The first-order valence-electron chi connectivity index (χ1n) is 5.10. The van der Waals surface area contributed by atoms with Gasteiger partial charge >= 0.3 is 6.03 Å². The van der Waals surface area contributed by atoms with Crippen molar-refractivity contribution in [3.63, 3.8) is 0 Å². The van der Waals surface area contributed by atoms with Gasteiger partial charge in [0.1, 0.15) is 11.6 Å². The van der Waals surface area contributed by atoms with E-state index in [1.165, 1.54) is 18.2 Å². The van der Waals surface area contributed by atoms with Crippen molar-refractivity contribution < 1.29 is 17.9 Å². The molecule has 0 unspecified atom stereocenters. The molecule has 0 saturated heterocycles. The van der Waals surface area contributed by atoms with Crippen molar-refractivity contribution in [2.45, 2.75) is 11.8 Å². The van der Waals surface area contributed by atoms with Gasteiger partial charge in [-0.05, 0) is 19.1 Å². The van der Waals surface area contributed by atoms with Crippen LogP contribution in [0.5, 0.6) is 0 Å². The molecule has 6 nitrogen and oxygen atoms in total. The third kappa shape index (κ3) is 4.17. The minimum Gasteiger partial charge on any atom is -0.361 e. The fourth-order valence-corrected chi connectivity index (χ4v) is 2.54. The highest BCUT2D eigenvalue weighted by molar-refractivity contribution is 7.90. The number of carbonyl (C=O) groups is 1. The number of rotatable bonds is 5. The first kappa shape index (κ1) is 14.7. The second-order valence-corrected chi connectivity index (χ2v) is 5.24. The molecule has 0 aromatic heterocycles. The number of hydrogen-bond acceptors (Lipinski definition) is 4. The SMILES string of the molecule is CCOCNC(=O)NS(=O)(=O)c1ccccc1Cl. The van der Waals surface area contributed by atoms with E-state index in [2.05, 4.69) is 5.32 Å². The first-order chi connectivity index (χ1) is 8.47. The monoisotopic (exact) mass is 292 g/mol. The lowest BCUT2D eigenvalue weighted by Gasteiger charge is -2.09. The summed E-state index contributed by atoms with van der Waals surface area (Å²) in [4.78, 5) is 11.1. The van der Waals surface area contributed by atoms with Crippen LogP contribution in [0.1, 0.15) is 6.92 Å². The maximum absolute atomic E-state index is 11.8. The standard InChI is InChI=1S/C10H13ClN2O4S/c1-2-17-7-12-10(14)13-18(15,16)9-6-4-3-5-8(9)11/h3-6H,2,7H2,1H3,(H2,12,13,14). The van der Waals surface area contributed by atoms with Crippen LogP contribution in [0.25, 0.3) is 0 Å². The highest BCUT2D eigenvalue weighted by Crippen LogP contribution is 2.19. The van der Waals surface area contributed by atoms with Crippen LogP contribution in [0.3, 0.4) is 0 Å². The Balaban J connectivity index is 2.71. The van der Waals surface area contributed by atoms with Crippen molar-refractivity contribution in [1.29, 1.82) is 0 Å². The van der Waals surface area contributed by atoms with Gasteiger partial charge in [0.15, 0.2) is 0 Å². The summed E-state index contributed by atoms with van der Waals surface area (Å²) >= 11 is 5.74. The van der Waals surface area contributed by atoms with Crippen LogP contribution < -0.4 is 10.0 Å². The Labute approximate surface area is 110 Å². The van der Waals surface area contributed by atoms with Gasteiger partial charge in [-0.15, -0.1) is 0 Å². The number of carbonyl (C=O) groups excluding carboxylic acids is 1. The number of sulfonamides is 1. The molecule has 0 radical (unpaired) electrons. The van der Waals surface area contributed by atoms with Gasteiger partial charge in [0.2, 0.25) is 0 Å². The van der Waals surface area contributed by atoms with Gasteiger partial charge in [-0.3, -0.25) is 0 Å². The third-order valence-electron chi connectivity index (χ3n) is 1.89. The number of nitrogens with one attached hydrogen (secondary N) is 2. The minimum atomic E-state index is -3.98. The highest BCUT2D eigenvalue weighted by atomic mass is 35.5. The average molecular weight is 293 g/mol. The average Bonchev–Trinajstić information content (AvgIpc) is 2.29. The molecule has 2 amide bonds. The zero-order chi connectivity index (χ0) is 13.6. The molecule has 18 heavy (non-hydrogen) atoms. The van der Waals surface area contributed by atoms with Crippen LogP contribution >= 0.6 is 11.6 Å². The molecular weight excluding hydrogens is 280 g/mol. The molecule has 1 aromatic rings. The molecule has 1 rings (SSSR count). The number of benzene rings is 1. The second kappa shape index (κ2) is 6.58. The summed E-state index contributed by atoms with van der Waals surface area (Å²) in [6, 6.07) is 4.97. The van der Waals surface area contributed by atoms with E-state index in [0.29, 0.717) is 6.61 Å². The Bertz CT molecular complexity index is 518. The summed E-state index contributed by atoms with van der Waals surface area (Å²) in [6.07, 6.45) is 0. The van der Waals surface area contributed by atoms with E-state index < -0.39 is 16.1 Å². The Hall–Kier alpha value is -1.31. The molecule has 0 fully saturated rings. The zero-order valence-electron chi connectivity index (χ0n) is 9.64. The Kier molecular flexibility index (Phi) is 5.39. The maximum Gasteiger partial charge on any atom is 0.330 e. The number of halogens is 1. The van der Waals surface area contributed by atoms with E-state index in [-0.39, 0.29) is 16.6 Å². The van der Waals surface area contributed by atoms with Crippen molar-refractivity contribution in [3.8, 4) is 0 Å².